The Hall–Kier alpha value is -4.28. The lowest BCUT2D eigenvalue weighted by Gasteiger charge is -2.06. The number of hydrogen-bond donors (Lipinski definition) is 0. The summed E-state index contributed by atoms with van der Waals surface area (Å²) in [7, 11) is 0. The highest BCUT2D eigenvalue weighted by molar-refractivity contribution is 5.94. The number of fused-ring (bicyclic) bond motifs is 6. The van der Waals surface area contributed by atoms with Crippen molar-refractivity contribution in [1.82, 2.24) is 34.1 Å². The lowest BCUT2D eigenvalue weighted by atomic mass is 10.2. The van der Waals surface area contributed by atoms with Crippen molar-refractivity contribution in [3.05, 3.63) is 66.4 Å². The minimum absolute atomic E-state index is 0.0359. The molecule has 0 aliphatic rings. The van der Waals surface area contributed by atoms with Crippen molar-refractivity contribution in [2.75, 3.05) is 0 Å². The summed E-state index contributed by atoms with van der Waals surface area (Å²) < 4.78 is 49.8. The van der Waals surface area contributed by atoms with Crippen LogP contribution in [0.5, 0.6) is 0 Å². The van der Waals surface area contributed by atoms with Gasteiger partial charge in [0.05, 0.1) is 17.3 Å². The first-order valence-electron chi connectivity index (χ1n) is 8.70. The van der Waals surface area contributed by atoms with Crippen LogP contribution in [0.2, 0.25) is 0 Å². The molecule has 2 aromatic carbocycles. The van der Waals surface area contributed by atoms with E-state index in [4.69, 9.17) is 4.52 Å². The fourth-order valence-electron chi connectivity index (χ4n) is 3.47. The number of benzene rings is 2. The van der Waals surface area contributed by atoms with Crippen molar-refractivity contribution in [1.29, 1.82) is 0 Å². The van der Waals surface area contributed by atoms with E-state index in [1.807, 2.05) is 0 Å². The maximum atomic E-state index is 14.4. The topological polar surface area (TPSA) is 86.4 Å². The summed E-state index contributed by atoms with van der Waals surface area (Å²) in [4.78, 5) is 7.92. The number of imidazole rings is 1. The Labute approximate surface area is 164 Å². The zero-order valence-electron chi connectivity index (χ0n) is 14.8. The number of halogens is 3. The lowest BCUT2D eigenvalue weighted by Crippen LogP contribution is -2.00. The van der Waals surface area contributed by atoms with Gasteiger partial charge in [-0.2, -0.15) is 9.37 Å². The first kappa shape index (κ1) is 16.7. The Kier molecular flexibility index (Phi) is 3.25. The number of hydrogen-bond acceptors (Lipinski definition) is 6. The average molecular weight is 407 g/mol. The van der Waals surface area contributed by atoms with Gasteiger partial charge in [-0.15, -0.1) is 10.2 Å². The molecule has 0 fully saturated rings. The van der Waals surface area contributed by atoms with Gasteiger partial charge in [0.1, 0.15) is 17.3 Å². The first-order chi connectivity index (χ1) is 14.6. The molecule has 0 aliphatic carbocycles. The van der Waals surface area contributed by atoms with Crippen LogP contribution in [0.15, 0.2) is 53.2 Å². The third-order valence-electron chi connectivity index (χ3n) is 4.77. The van der Waals surface area contributed by atoms with E-state index in [1.165, 1.54) is 21.1 Å². The average Bonchev–Trinajstić information content (AvgIpc) is 3.46. The van der Waals surface area contributed by atoms with Crippen LogP contribution in [0.3, 0.4) is 0 Å². The van der Waals surface area contributed by atoms with Gasteiger partial charge in [-0.25, -0.2) is 13.8 Å². The Bertz CT molecular complexity index is 1600. The monoisotopic (exact) mass is 407 g/mol. The third kappa shape index (κ3) is 2.19. The normalized spacial score (nSPS) is 11.8. The summed E-state index contributed by atoms with van der Waals surface area (Å²) in [6.07, 6.45) is 0.626. The van der Waals surface area contributed by atoms with Crippen LogP contribution < -0.4 is 0 Å². The van der Waals surface area contributed by atoms with Crippen LogP contribution in [0, 0.1) is 17.7 Å². The molecular weight excluding hydrogens is 399 g/mol. The van der Waals surface area contributed by atoms with Crippen molar-refractivity contribution < 1.29 is 17.7 Å². The summed E-state index contributed by atoms with van der Waals surface area (Å²) in [5, 5.41) is 12.7. The molecule has 0 unspecified atom stereocenters. The number of aromatic nitrogens is 7. The number of rotatable bonds is 2. The standard InChI is InChI=1S/C19H8F3N7O/c20-9-5-6-10(12(21)7-9)15-24-18(30-27-15)17-26-25-16-11-3-1-2-4-13(11)28-14(29(16)17)8-23-19(28)22/h1-8H. The van der Waals surface area contributed by atoms with Gasteiger partial charge in [0.2, 0.25) is 11.6 Å². The van der Waals surface area contributed by atoms with E-state index >= 15 is 0 Å². The second kappa shape index (κ2) is 5.86. The van der Waals surface area contributed by atoms with Gasteiger partial charge in [0, 0.05) is 11.5 Å². The van der Waals surface area contributed by atoms with Crippen LogP contribution in [-0.2, 0) is 0 Å². The molecule has 0 spiro atoms. The smallest absolute Gasteiger partial charge is 0.296 e. The molecule has 0 saturated heterocycles. The van der Waals surface area contributed by atoms with Gasteiger partial charge in [-0.3, -0.25) is 8.80 Å². The maximum absolute atomic E-state index is 14.4. The zero-order chi connectivity index (χ0) is 20.4. The Morgan fingerprint density at radius 3 is 2.67 bits per heavy atom. The molecule has 30 heavy (non-hydrogen) atoms. The molecular formula is C19H8F3N7O. The Morgan fingerprint density at radius 2 is 1.80 bits per heavy atom. The molecule has 8 nitrogen and oxygen atoms in total. The minimum atomic E-state index is -0.834. The molecule has 11 heteroatoms. The van der Waals surface area contributed by atoms with E-state index < -0.39 is 17.7 Å². The van der Waals surface area contributed by atoms with Crippen LogP contribution in [-0.4, -0.2) is 34.1 Å². The highest BCUT2D eigenvalue weighted by atomic mass is 19.1. The summed E-state index contributed by atoms with van der Waals surface area (Å²) in [6.45, 7) is 0. The molecule has 6 aromatic rings. The van der Waals surface area contributed by atoms with Gasteiger partial charge >= 0.3 is 0 Å². The van der Waals surface area contributed by atoms with E-state index in [-0.39, 0.29) is 23.1 Å². The molecule has 0 saturated carbocycles. The largest absolute Gasteiger partial charge is 0.330 e. The predicted octanol–water partition coefficient (Wildman–Crippen LogP) is 3.66. The molecule has 0 atom stereocenters. The minimum Gasteiger partial charge on any atom is -0.330 e. The van der Waals surface area contributed by atoms with E-state index in [9.17, 15) is 13.2 Å². The maximum Gasteiger partial charge on any atom is 0.296 e. The predicted molar refractivity (Wildman–Crippen MR) is 97.8 cm³/mol. The van der Waals surface area contributed by atoms with Crippen LogP contribution in [0.25, 0.3) is 45.3 Å². The molecule has 0 radical (unpaired) electrons. The molecule has 0 amide bonds. The van der Waals surface area contributed by atoms with Crippen LogP contribution in [0.1, 0.15) is 0 Å². The van der Waals surface area contributed by atoms with Crippen molar-refractivity contribution in [2.45, 2.75) is 0 Å². The van der Waals surface area contributed by atoms with Crippen molar-refractivity contribution in [2.24, 2.45) is 0 Å². The summed E-state index contributed by atoms with van der Waals surface area (Å²) in [5.74, 6) is -1.59. The van der Waals surface area contributed by atoms with Crippen LogP contribution in [0.4, 0.5) is 13.2 Å². The second-order valence-electron chi connectivity index (χ2n) is 6.47. The Morgan fingerprint density at radius 1 is 0.933 bits per heavy atom. The van der Waals surface area contributed by atoms with Gasteiger partial charge in [0.15, 0.2) is 5.65 Å². The first-order valence-corrected chi connectivity index (χ1v) is 8.70. The molecule has 146 valence electrons. The zero-order valence-corrected chi connectivity index (χ0v) is 14.8. The van der Waals surface area contributed by atoms with Gasteiger partial charge < -0.3 is 4.52 Å². The molecule has 0 N–H and O–H groups in total. The van der Waals surface area contributed by atoms with Gasteiger partial charge in [0.25, 0.3) is 12.0 Å². The quantitative estimate of drug-likeness (QED) is 0.435. The van der Waals surface area contributed by atoms with E-state index in [0.717, 1.165) is 12.1 Å². The molecule has 0 bridgehead atoms. The van der Waals surface area contributed by atoms with E-state index in [1.54, 1.807) is 24.3 Å². The highest BCUT2D eigenvalue weighted by Gasteiger charge is 2.23. The van der Waals surface area contributed by atoms with E-state index in [2.05, 4.69) is 25.3 Å². The molecule has 0 aliphatic heterocycles. The van der Waals surface area contributed by atoms with Gasteiger partial charge in [-0.1, -0.05) is 17.3 Å². The number of para-hydroxylation sites is 1. The SMILES string of the molecule is Fc1ccc(-c2noc(-c3nnc4c5ccccc5n5c(F)ncc5n34)n2)c(F)c1. The van der Waals surface area contributed by atoms with Crippen molar-refractivity contribution in [3.8, 4) is 23.1 Å². The lowest BCUT2D eigenvalue weighted by molar-refractivity contribution is 0.428. The second-order valence-corrected chi connectivity index (χ2v) is 6.47. The van der Waals surface area contributed by atoms with E-state index in [0.29, 0.717) is 22.2 Å². The molecule has 4 aromatic heterocycles. The third-order valence-corrected chi connectivity index (χ3v) is 4.77. The van der Waals surface area contributed by atoms with Crippen molar-refractivity contribution in [3.63, 3.8) is 0 Å². The van der Waals surface area contributed by atoms with Crippen molar-refractivity contribution >= 4 is 22.2 Å². The highest BCUT2D eigenvalue weighted by Crippen LogP contribution is 2.28. The van der Waals surface area contributed by atoms with Crippen LogP contribution >= 0.6 is 0 Å². The van der Waals surface area contributed by atoms with Gasteiger partial charge in [-0.05, 0) is 24.3 Å². The fourth-order valence-corrected chi connectivity index (χ4v) is 3.47. The number of nitrogens with zero attached hydrogens (tertiary/aromatic N) is 7. The Balaban J connectivity index is 1.63. The fraction of sp³-hybridized carbons (Fsp3) is 0. The molecule has 6 rings (SSSR count). The molecule has 4 heterocycles. The summed E-state index contributed by atoms with van der Waals surface area (Å²) in [5.41, 5.74) is 1.30. The summed E-state index contributed by atoms with van der Waals surface area (Å²) in [6, 6.07) is 10.1. The summed E-state index contributed by atoms with van der Waals surface area (Å²) >= 11 is 0.